The van der Waals surface area contributed by atoms with Crippen LogP contribution in [-0.4, -0.2) is 29.8 Å². The Morgan fingerprint density at radius 1 is 1.56 bits per heavy atom. The molecule has 5 nitrogen and oxygen atoms in total. The van der Waals surface area contributed by atoms with E-state index < -0.39 is 5.97 Å². The third-order valence-electron chi connectivity index (χ3n) is 2.20. The van der Waals surface area contributed by atoms with Crippen LogP contribution in [0.15, 0.2) is 22.6 Å². The van der Waals surface area contributed by atoms with Crippen LogP contribution < -0.4 is 0 Å². The molecule has 0 bridgehead atoms. The quantitative estimate of drug-likeness (QED) is 0.850. The molecule has 2 rings (SSSR count). The van der Waals surface area contributed by atoms with Gasteiger partial charge in [0.1, 0.15) is 5.52 Å². The lowest BCUT2D eigenvalue weighted by Gasteiger charge is -1.92. The molecule has 1 aromatic carbocycles. The second-order valence-corrected chi connectivity index (χ2v) is 3.34. The van der Waals surface area contributed by atoms with Gasteiger partial charge in [-0.15, -0.1) is 0 Å². The SMILES string of the molecule is COCCc1nc2ccc(C(=O)O)cc2o1. The summed E-state index contributed by atoms with van der Waals surface area (Å²) >= 11 is 0. The van der Waals surface area contributed by atoms with Gasteiger partial charge in [-0.2, -0.15) is 0 Å². The molecule has 0 atom stereocenters. The third-order valence-corrected chi connectivity index (χ3v) is 2.20. The highest BCUT2D eigenvalue weighted by atomic mass is 16.5. The Morgan fingerprint density at radius 2 is 2.38 bits per heavy atom. The molecule has 0 amide bonds. The number of carbonyl (C=O) groups is 1. The molecule has 16 heavy (non-hydrogen) atoms. The van der Waals surface area contributed by atoms with E-state index in [1.165, 1.54) is 12.1 Å². The zero-order chi connectivity index (χ0) is 11.5. The minimum absolute atomic E-state index is 0.196. The highest BCUT2D eigenvalue weighted by Gasteiger charge is 2.09. The van der Waals surface area contributed by atoms with Gasteiger partial charge in [-0.1, -0.05) is 0 Å². The lowest BCUT2D eigenvalue weighted by Crippen LogP contribution is -1.94. The van der Waals surface area contributed by atoms with E-state index in [1.807, 2.05) is 0 Å². The van der Waals surface area contributed by atoms with E-state index >= 15 is 0 Å². The molecule has 2 aromatic rings. The third kappa shape index (κ3) is 2.04. The summed E-state index contributed by atoms with van der Waals surface area (Å²) in [4.78, 5) is 15.0. The van der Waals surface area contributed by atoms with Gasteiger partial charge in [0.15, 0.2) is 11.5 Å². The summed E-state index contributed by atoms with van der Waals surface area (Å²) in [6, 6.07) is 4.62. The summed E-state index contributed by atoms with van der Waals surface area (Å²) in [6.45, 7) is 0.526. The van der Waals surface area contributed by atoms with Gasteiger partial charge in [-0.05, 0) is 18.2 Å². The predicted molar refractivity (Wildman–Crippen MR) is 56.5 cm³/mol. The highest BCUT2D eigenvalue weighted by molar-refractivity contribution is 5.91. The Balaban J connectivity index is 2.34. The number of hydrogen-bond donors (Lipinski definition) is 1. The van der Waals surface area contributed by atoms with Crippen LogP contribution in [-0.2, 0) is 11.2 Å². The van der Waals surface area contributed by atoms with Gasteiger partial charge in [0.05, 0.1) is 12.2 Å². The van der Waals surface area contributed by atoms with Crippen molar-refractivity contribution >= 4 is 17.1 Å². The monoisotopic (exact) mass is 221 g/mol. The predicted octanol–water partition coefficient (Wildman–Crippen LogP) is 1.71. The van der Waals surface area contributed by atoms with E-state index in [2.05, 4.69) is 4.98 Å². The molecule has 0 aliphatic heterocycles. The summed E-state index contributed by atoms with van der Waals surface area (Å²) in [5.74, 6) is -0.420. The summed E-state index contributed by atoms with van der Waals surface area (Å²) in [7, 11) is 1.60. The first-order valence-corrected chi connectivity index (χ1v) is 4.82. The number of aromatic nitrogens is 1. The van der Waals surface area contributed by atoms with E-state index in [-0.39, 0.29) is 5.56 Å². The Hall–Kier alpha value is -1.88. The molecule has 0 saturated heterocycles. The van der Waals surface area contributed by atoms with E-state index in [9.17, 15) is 4.79 Å². The lowest BCUT2D eigenvalue weighted by molar-refractivity contribution is 0.0697. The number of benzene rings is 1. The largest absolute Gasteiger partial charge is 0.478 e. The molecule has 0 radical (unpaired) electrons. The van der Waals surface area contributed by atoms with Crippen molar-refractivity contribution in [3.05, 3.63) is 29.7 Å². The van der Waals surface area contributed by atoms with Crippen LogP contribution in [0.5, 0.6) is 0 Å². The Morgan fingerprint density at radius 3 is 3.06 bits per heavy atom. The maximum atomic E-state index is 10.7. The van der Waals surface area contributed by atoms with Crippen molar-refractivity contribution in [3.8, 4) is 0 Å². The fraction of sp³-hybridized carbons (Fsp3) is 0.273. The van der Waals surface area contributed by atoms with Gasteiger partial charge in [0.25, 0.3) is 0 Å². The second-order valence-electron chi connectivity index (χ2n) is 3.34. The molecule has 0 fully saturated rings. The number of aromatic carboxylic acids is 1. The van der Waals surface area contributed by atoms with Crippen molar-refractivity contribution in [2.45, 2.75) is 6.42 Å². The van der Waals surface area contributed by atoms with E-state index in [1.54, 1.807) is 13.2 Å². The van der Waals surface area contributed by atoms with Crippen molar-refractivity contribution in [3.63, 3.8) is 0 Å². The highest BCUT2D eigenvalue weighted by Crippen LogP contribution is 2.17. The lowest BCUT2D eigenvalue weighted by atomic mass is 10.2. The minimum atomic E-state index is -0.975. The number of hydrogen-bond acceptors (Lipinski definition) is 4. The molecule has 84 valence electrons. The van der Waals surface area contributed by atoms with Gasteiger partial charge < -0.3 is 14.3 Å². The second kappa shape index (κ2) is 4.32. The number of oxazole rings is 1. The Kier molecular flexibility index (Phi) is 2.87. The van der Waals surface area contributed by atoms with Crippen LogP contribution in [0.25, 0.3) is 11.1 Å². The molecule has 1 N–H and O–H groups in total. The first-order chi connectivity index (χ1) is 7.70. The number of ether oxygens (including phenoxy) is 1. The van der Waals surface area contributed by atoms with Crippen molar-refractivity contribution in [1.82, 2.24) is 4.98 Å². The zero-order valence-corrected chi connectivity index (χ0v) is 8.77. The molecule has 0 unspecified atom stereocenters. The average molecular weight is 221 g/mol. The smallest absolute Gasteiger partial charge is 0.335 e. The normalized spacial score (nSPS) is 10.8. The first-order valence-electron chi connectivity index (χ1n) is 4.82. The summed E-state index contributed by atoms with van der Waals surface area (Å²) in [5.41, 5.74) is 1.35. The van der Waals surface area contributed by atoms with E-state index in [4.69, 9.17) is 14.3 Å². The van der Waals surface area contributed by atoms with Gasteiger partial charge in [0.2, 0.25) is 0 Å². The van der Waals surface area contributed by atoms with Gasteiger partial charge in [0, 0.05) is 13.5 Å². The van der Waals surface area contributed by atoms with Crippen LogP contribution in [0.4, 0.5) is 0 Å². The van der Waals surface area contributed by atoms with E-state index in [0.717, 1.165) is 0 Å². The molecule has 0 aliphatic rings. The number of methoxy groups -OCH3 is 1. The first kappa shape index (κ1) is 10.6. The minimum Gasteiger partial charge on any atom is -0.478 e. The maximum Gasteiger partial charge on any atom is 0.335 e. The average Bonchev–Trinajstić information content (AvgIpc) is 2.67. The van der Waals surface area contributed by atoms with Gasteiger partial charge in [-0.25, -0.2) is 9.78 Å². The fourth-order valence-electron chi connectivity index (χ4n) is 1.40. The van der Waals surface area contributed by atoms with Crippen LogP contribution in [0, 0.1) is 0 Å². The van der Waals surface area contributed by atoms with Gasteiger partial charge >= 0.3 is 5.97 Å². The fourth-order valence-corrected chi connectivity index (χ4v) is 1.40. The molecule has 0 saturated carbocycles. The number of rotatable bonds is 4. The van der Waals surface area contributed by atoms with Crippen molar-refractivity contribution in [2.75, 3.05) is 13.7 Å². The summed E-state index contributed by atoms with van der Waals surface area (Å²) in [5, 5.41) is 8.81. The van der Waals surface area contributed by atoms with Crippen LogP contribution in [0.3, 0.4) is 0 Å². The molecular formula is C11H11NO4. The van der Waals surface area contributed by atoms with Crippen LogP contribution in [0.1, 0.15) is 16.2 Å². The van der Waals surface area contributed by atoms with Gasteiger partial charge in [-0.3, -0.25) is 0 Å². The van der Waals surface area contributed by atoms with Crippen molar-refractivity contribution in [1.29, 1.82) is 0 Å². The van der Waals surface area contributed by atoms with Crippen LogP contribution in [0.2, 0.25) is 0 Å². The summed E-state index contributed by atoms with van der Waals surface area (Å²) in [6.07, 6.45) is 0.577. The number of carboxylic acid groups (broad SMARTS) is 1. The molecule has 1 aromatic heterocycles. The summed E-state index contributed by atoms with van der Waals surface area (Å²) < 4.78 is 10.3. The Labute approximate surface area is 91.7 Å². The van der Waals surface area contributed by atoms with E-state index in [0.29, 0.717) is 30.0 Å². The van der Waals surface area contributed by atoms with Crippen LogP contribution >= 0.6 is 0 Å². The number of nitrogens with zero attached hydrogens (tertiary/aromatic N) is 1. The zero-order valence-electron chi connectivity index (χ0n) is 8.77. The number of fused-ring (bicyclic) bond motifs is 1. The topological polar surface area (TPSA) is 72.6 Å². The molecule has 1 heterocycles. The maximum absolute atomic E-state index is 10.7. The van der Waals surface area contributed by atoms with Crippen molar-refractivity contribution in [2.24, 2.45) is 0 Å². The number of carboxylic acids is 1. The van der Waals surface area contributed by atoms with Crippen molar-refractivity contribution < 1.29 is 19.1 Å². The molecule has 0 spiro atoms. The molecular weight excluding hydrogens is 210 g/mol. The standard InChI is InChI=1S/C11H11NO4/c1-15-5-4-10-12-8-3-2-7(11(13)14)6-9(8)16-10/h2-3,6H,4-5H2,1H3,(H,13,14). The molecule has 5 heteroatoms. The Bertz CT molecular complexity index is 518. The molecule has 0 aliphatic carbocycles.